The van der Waals surface area contributed by atoms with Gasteiger partial charge in [-0.1, -0.05) is 0 Å². The van der Waals surface area contributed by atoms with E-state index in [0.29, 0.717) is 5.92 Å². The first-order valence-electron chi connectivity index (χ1n) is 10.9. The molecule has 4 heterocycles. The van der Waals surface area contributed by atoms with Crippen molar-refractivity contribution in [3.63, 3.8) is 0 Å². The number of fused-ring (bicyclic) bond motifs is 3. The lowest BCUT2D eigenvalue weighted by Gasteiger charge is -2.33. The summed E-state index contributed by atoms with van der Waals surface area (Å²) in [6.07, 6.45) is 7.18. The molecule has 0 amide bonds. The van der Waals surface area contributed by atoms with Gasteiger partial charge in [-0.05, 0) is 50.0 Å². The molecular formula is C21H31N4O2S+. The second kappa shape index (κ2) is 8.22. The van der Waals surface area contributed by atoms with Crippen molar-refractivity contribution < 1.29 is 14.7 Å². The van der Waals surface area contributed by atoms with E-state index in [1.807, 2.05) is 11.3 Å². The van der Waals surface area contributed by atoms with Crippen LogP contribution in [0.1, 0.15) is 41.9 Å². The van der Waals surface area contributed by atoms with Gasteiger partial charge in [0.05, 0.1) is 18.6 Å². The van der Waals surface area contributed by atoms with Crippen molar-refractivity contribution in [3.8, 4) is 0 Å². The van der Waals surface area contributed by atoms with E-state index in [0.717, 1.165) is 76.8 Å². The Kier molecular flexibility index (Phi) is 5.50. The van der Waals surface area contributed by atoms with E-state index in [4.69, 9.17) is 14.7 Å². The van der Waals surface area contributed by atoms with Crippen LogP contribution in [-0.2, 0) is 24.1 Å². The number of anilines is 1. The Balaban J connectivity index is 1.55. The second-order valence-corrected chi connectivity index (χ2v) is 9.61. The van der Waals surface area contributed by atoms with E-state index >= 15 is 0 Å². The molecule has 2 aromatic heterocycles. The fourth-order valence-electron chi connectivity index (χ4n) is 4.96. The predicted molar refractivity (Wildman–Crippen MR) is 111 cm³/mol. The van der Waals surface area contributed by atoms with Gasteiger partial charge in [-0.15, -0.1) is 11.3 Å². The van der Waals surface area contributed by atoms with Crippen LogP contribution in [0.4, 0.5) is 5.82 Å². The van der Waals surface area contributed by atoms with Crippen LogP contribution >= 0.6 is 11.3 Å². The molecule has 6 nitrogen and oxygen atoms in total. The number of piperidine rings is 1. The van der Waals surface area contributed by atoms with E-state index in [1.165, 1.54) is 44.8 Å². The molecule has 0 unspecified atom stereocenters. The summed E-state index contributed by atoms with van der Waals surface area (Å²) in [6.45, 7) is 6.85. The minimum atomic E-state index is 0.275. The summed E-state index contributed by atoms with van der Waals surface area (Å²) < 4.78 is 5.51. The van der Waals surface area contributed by atoms with Crippen LogP contribution < -0.4 is 9.80 Å². The topological polar surface area (TPSA) is 62.9 Å². The summed E-state index contributed by atoms with van der Waals surface area (Å²) in [7, 11) is 0. The highest BCUT2D eigenvalue weighted by Gasteiger charge is 2.28. The molecule has 152 valence electrons. The number of aryl methyl sites for hydroxylation is 2. The molecule has 3 aliphatic rings. The number of hydrogen-bond donors (Lipinski definition) is 2. The highest BCUT2D eigenvalue weighted by atomic mass is 32.1. The Morgan fingerprint density at radius 3 is 2.86 bits per heavy atom. The molecule has 2 saturated heterocycles. The van der Waals surface area contributed by atoms with Gasteiger partial charge in [0.25, 0.3) is 0 Å². The lowest BCUT2D eigenvalue weighted by molar-refractivity contribution is -0.922. The van der Waals surface area contributed by atoms with Crippen LogP contribution in [-0.4, -0.2) is 61.1 Å². The van der Waals surface area contributed by atoms with Crippen molar-refractivity contribution >= 4 is 27.4 Å². The Morgan fingerprint density at radius 2 is 2.00 bits per heavy atom. The van der Waals surface area contributed by atoms with Gasteiger partial charge in [0, 0.05) is 24.6 Å². The monoisotopic (exact) mass is 403 g/mol. The van der Waals surface area contributed by atoms with Gasteiger partial charge < -0.3 is 19.6 Å². The van der Waals surface area contributed by atoms with Crippen LogP contribution in [0.15, 0.2) is 0 Å². The molecule has 1 aliphatic carbocycles. The molecule has 2 aliphatic heterocycles. The zero-order valence-corrected chi connectivity index (χ0v) is 17.4. The third-order valence-electron chi connectivity index (χ3n) is 6.53. The maximum absolute atomic E-state index is 9.72. The van der Waals surface area contributed by atoms with Gasteiger partial charge in [-0.2, -0.15) is 0 Å². The first-order valence-corrected chi connectivity index (χ1v) is 11.7. The molecule has 0 bridgehead atoms. The molecule has 2 aromatic rings. The highest BCUT2D eigenvalue weighted by molar-refractivity contribution is 7.19. The molecular weight excluding hydrogens is 372 g/mol. The van der Waals surface area contributed by atoms with E-state index in [9.17, 15) is 5.11 Å². The second-order valence-electron chi connectivity index (χ2n) is 8.53. The normalized spacial score (nSPS) is 23.9. The van der Waals surface area contributed by atoms with Crippen molar-refractivity contribution in [2.24, 2.45) is 5.92 Å². The highest BCUT2D eigenvalue weighted by Crippen LogP contribution is 2.40. The third-order valence-corrected chi connectivity index (χ3v) is 7.71. The Morgan fingerprint density at radius 1 is 1.14 bits per heavy atom. The van der Waals surface area contributed by atoms with Gasteiger partial charge >= 0.3 is 0 Å². The van der Waals surface area contributed by atoms with Crippen LogP contribution in [0.2, 0.25) is 0 Å². The lowest BCUT2D eigenvalue weighted by atomic mass is 9.95. The molecule has 2 fully saturated rings. The summed E-state index contributed by atoms with van der Waals surface area (Å²) >= 11 is 1.90. The van der Waals surface area contributed by atoms with Gasteiger partial charge in [0.15, 0.2) is 5.82 Å². The number of quaternary nitrogens is 1. The smallest absolute Gasteiger partial charge is 0.187 e. The van der Waals surface area contributed by atoms with Crippen molar-refractivity contribution in [2.75, 3.05) is 50.9 Å². The molecule has 0 spiro atoms. The number of nitrogens with one attached hydrogen (secondary N) is 1. The number of rotatable bonds is 4. The summed E-state index contributed by atoms with van der Waals surface area (Å²) in [4.78, 5) is 16.9. The Labute approximate surface area is 170 Å². The summed E-state index contributed by atoms with van der Waals surface area (Å²) in [5.74, 6) is 2.48. The van der Waals surface area contributed by atoms with E-state index in [2.05, 4.69) is 4.90 Å². The standard InChI is InChI=1S/C21H30N4O2S/c26-14-15-4-3-7-25(12-15)20-19-16-5-1-2-6-17(16)28-21(19)23-18(22-20)13-24-8-10-27-11-9-24/h15,26H,1-14H2/p+1/t15-/m1/s1. The number of nitrogens with zero attached hydrogens (tertiary/aromatic N) is 3. The lowest BCUT2D eigenvalue weighted by Crippen LogP contribution is -3.12. The van der Waals surface area contributed by atoms with Gasteiger partial charge in [0.2, 0.25) is 0 Å². The van der Waals surface area contributed by atoms with Crippen LogP contribution in [0, 0.1) is 5.92 Å². The number of ether oxygens (including phenoxy) is 1. The average molecular weight is 404 g/mol. The zero-order valence-electron chi connectivity index (χ0n) is 16.6. The first-order chi connectivity index (χ1) is 13.8. The van der Waals surface area contributed by atoms with E-state index in [1.54, 1.807) is 0 Å². The fraction of sp³-hybridized carbons (Fsp3) is 0.714. The number of aromatic nitrogens is 2. The zero-order chi connectivity index (χ0) is 18.9. The quantitative estimate of drug-likeness (QED) is 0.803. The SMILES string of the molecule is OC[C@@H]1CCCN(c2nc(C[NH+]3CCOCC3)nc3sc4c(c23)CCCC4)C1. The summed E-state index contributed by atoms with van der Waals surface area (Å²) in [6, 6.07) is 0. The van der Waals surface area contributed by atoms with Gasteiger partial charge in [-0.25, -0.2) is 9.97 Å². The largest absolute Gasteiger partial charge is 0.396 e. The molecule has 28 heavy (non-hydrogen) atoms. The maximum Gasteiger partial charge on any atom is 0.187 e. The number of aliphatic hydroxyl groups excluding tert-OH is 1. The fourth-order valence-corrected chi connectivity index (χ4v) is 6.23. The third kappa shape index (κ3) is 3.65. The van der Waals surface area contributed by atoms with E-state index in [-0.39, 0.29) is 6.61 Å². The molecule has 1 atom stereocenters. The van der Waals surface area contributed by atoms with Crippen LogP contribution in [0.3, 0.4) is 0 Å². The van der Waals surface area contributed by atoms with Crippen LogP contribution in [0.25, 0.3) is 10.2 Å². The van der Waals surface area contributed by atoms with E-state index < -0.39 is 0 Å². The van der Waals surface area contributed by atoms with Crippen LogP contribution in [0.5, 0.6) is 0 Å². The molecule has 2 N–H and O–H groups in total. The number of hydrogen-bond acceptors (Lipinski definition) is 6. The molecule has 0 saturated carbocycles. The van der Waals surface area contributed by atoms with Crippen molar-refractivity contribution in [3.05, 3.63) is 16.3 Å². The average Bonchev–Trinajstić information content (AvgIpc) is 3.12. The number of morpholine rings is 1. The number of thiophene rings is 1. The minimum absolute atomic E-state index is 0.275. The summed E-state index contributed by atoms with van der Waals surface area (Å²) in [5, 5.41) is 11.0. The van der Waals surface area contributed by atoms with Crippen molar-refractivity contribution in [1.82, 2.24) is 9.97 Å². The molecule has 7 heteroatoms. The van der Waals surface area contributed by atoms with Gasteiger partial charge in [-0.3, -0.25) is 0 Å². The van der Waals surface area contributed by atoms with Gasteiger partial charge in [0.1, 0.15) is 30.3 Å². The summed E-state index contributed by atoms with van der Waals surface area (Å²) in [5.41, 5.74) is 1.51. The predicted octanol–water partition coefficient (Wildman–Crippen LogP) is 1.19. The number of aliphatic hydroxyl groups is 1. The first kappa shape index (κ1) is 18.7. The van der Waals surface area contributed by atoms with Crippen molar-refractivity contribution in [2.45, 2.75) is 45.1 Å². The van der Waals surface area contributed by atoms with Crippen molar-refractivity contribution in [1.29, 1.82) is 0 Å². The molecule has 5 rings (SSSR count). The Hall–Kier alpha value is -1.28. The molecule has 0 aromatic carbocycles. The maximum atomic E-state index is 9.72. The minimum Gasteiger partial charge on any atom is -0.396 e. The Bertz CT molecular complexity index is 833. The molecule has 0 radical (unpaired) electrons.